The number of H-pyrrole nitrogens is 1. The normalized spacial score (nSPS) is 17.0. The Hall–Kier alpha value is -0.880. The van der Waals surface area contributed by atoms with Crippen LogP contribution in [0, 0.1) is 0 Å². The molecule has 5 nitrogen and oxygen atoms in total. The average molecular weight is 318 g/mol. The fourth-order valence-corrected chi connectivity index (χ4v) is 3.01. The van der Waals surface area contributed by atoms with Gasteiger partial charge in [0.15, 0.2) is 5.69 Å². The van der Waals surface area contributed by atoms with Crippen LogP contribution in [0.5, 0.6) is 0 Å². The van der Waals surface area contributed by atoms with E-state index in [9.17, 15) is 9.00 Å². The third kappa shape index (κ3) is 3.61. The molecule has 0 aliphatic heterocycles. The molecule has 0 aromatic carbocycles. The Morgan fingerprint density at radius 3 is 2.70 bits per heavy atom. The van der Waals surface area contributed by atoms with Gasteiger partial charge in [-0.15, -0.1) is 0 Å². The highest BCUT2D eigenvalue weighted by Gasteiger charge is 2.30. The lowest BCUT2D eigenvalue weighted by atomic mass is 10.2. The zero-order chi connectivity index (χ0) is 14.9. The molecule has 1 aliphatic carbocycles. The van der Waals surface area contributed by atoms with Crippen LogP contribution in [0.4, 0.5) is 0 Å². The maximum Gasteiger partial charge on any atom is 0.273 e. The molecule has 1 saturated carbocycles. The molecule has 1 fully saturated rings. The van der Waals surface area contributed by atoms with Crippen molar-refractivity contribution in [2.75, 3.05) is 12.3 Å². The van der Waals surface area contributed by atoms with Gasteiger partial charge in [-0.1, -0.05) is 11.6 Å². The molecule has 0 spiro atoms. The first-order valence-electron chi connectivity index (χ1n) is 6.71. The van der Waals surface area contributed by atoms with Gasteiger partial charge in [-0.25, -0.2) is 0 Å². The van der Waals surface area contributed by atoms with Crippen LogP contribution in [-0.2, 0) is 10.8 Å². The van der Waals surface area contributed by atoms with Crippen LogP contribution in [0.1, 0.15) is 55.7 Å². The smallest absolute Gasteiger partial charge is 0.273 e. The number of hydrogen-bond donors (Lipinski definition) is 2. The number of nitrogens with one attached hydrogen (secondary N) is 2. The van der Waals surface area contributed by atoms with E-state index in [1.165, 1.54) is 0 Å². The molecule has 0 radical (unpaired) electrons. The molecule has 20 heavy (non-hydrogen) atoms. The molecule has 1 amide bonds. The number of carbonyl (C=O) groups excluding carboxylic acids is 1. The summed E-state index contributed by atoms with van der Waals surface area (Å²) in [5.74, 6) is 0.529. The van der Waals surface area contributed by atoms with Crippen molar-refractivity contribution in [2.45, 2.75) is 44.3 Å². The molecule has 7 heteroatoms. The molecule has 1 aliphatic rings. The monoisotopic (exact) mass is 317 g/mol. The van der Waals surface area contributed by atoms with Crippen molar-refractivity contribution in [1.29, 1.82) is 0 Å². The van der Waals surface area contributed by atoms with Gasteiger partial charge in [-0.2, -0.15) is 5.10 Å². The van der Waals surface area contributed by atoms with Gasteiger partial charge in [0.25, 0.3) is 5.91 Å². The topological polar surface area (TPSA) is 74.8 Å². The highest BCUT2D eigenvalue weighted by molar-refractivity contribution is 7.86. The van der Waals surface area contributed by atoms with Crippen LogP contribution in [-0.4, -0.2) is 37.4 Å². The second-order valence-electron chi connectivity index (χ2n) is 5.99. The van der Waals surface area contributed by atoms with Crippen molar-refractivity contribution in [3.8, 4) is 0 Å². The van der Waals surface area contributed by atoms with Crippen LogP contribution in [0.3, 0.4) is 0 Å². The molecule has 1 atom stereocenters. The van der Waals surface area contributed by atoms with Crippen LogP contribution in [0.15, 0.2) is 0 Å². The molecule has 1 aromatic heterocycles. The largest absolute Gasteiger partial charge is 0.350 e. The van der Waals surface area contributed by atoms with Gasteiger partial charge in [0.05, 0.1) is 10.7 Å². The molecule has 2 N–H and O–H groups in total. The third-order valence-corrected chi connectivity index (χ3v) is 5.51. The Labute approximate surface area is 126 Å². The summed E-state index contributed by atoms with van der Waals surface area (Å²) in [7, 11) is -0.984. The number of hydrogen-bond acceptors (Lipinski definition) is 3. The maximum absolute atomic E-state index is 12.0. The summed E-state index contributed by atoms with van der Waals surface area (Å²) in [5.41, 5.74) is 1.09. The third-order valence-electron chi connectivity index (χ3n) is 3.19. The minimum atomic E-state index is -0.984. The Morgan fingerprint density at radius 1 is 1.50 bits per heavy atom. The van der Waals surface area contributed by atoms with Gasteiger partial charge in [0.2, 0.25) is 0 Å². The lowest BCUT2D eigenvalue weighted by Crippen LogP contribution is -2.32. The van der Waals surface area contributed by atoms with E-state index in [4.69, 9.17) is 11.6 Å². The minimum absolute atomic E-state index is 0.232. The Morgan fingerprint density at radius 2 is 2.15 bits per heavy atom. The molecule has 0 saturated heterocycles. The van der Waals surface area contributed by atoms with Crippen molar-refractivity contribution in [1.82, 2.24) is 15.5 Å². The van der Waals surface area contributed by atoms with Crippen molar-refractivity contribution in [2.24, 2.45) is 0 Å². The zero-order valence-corrected chi connectivity index (χ0v) is 13.5. The van der Waals surface area contributed by atoms with E-state index in [-0.39, 0.29) is 16.3 Å². The Bertz CT molecular complexity index is 532. The Kier molecular flexibility index (Phi) is 4.54. The number of rotatable bonds is 5. The lowest BCUT2D eigenvalue weighted by Gasteiger charge is -2.17. The summed E-state index contributed by atoms with van der Waals surface area (Å²) in [4.78, 5) is 12.0. The van der Waals surface area contributed by atoms with Crippen LogP contribution in [0.25, 0.3) is 0 Å². The van der Waals surface area contributed by atoms with Crippen LogP contribution in [0.2, 0.25) is 5.02 Å². The zero-order valence-electron chi connectivity index (χ0n) is 12.0. The summed E-state index contributed by atoms with van der Waals surface area (Å²) >= 11 is 6.15. The van der Waals surface area contributed by atoms with Gasteiger partial charge in [-0.3, -0.25) is 14.1 Å². The van der Waals surface area contributed by atoms with Crippen LogP contribution < -0.4 is 5.32 Å². The van der Waals surface area contributed by atoms with E-state index in [1.54, 1.807) is 0 Å². The maximum atomic E-state index is 12.0. The highest BCUT2D eigenvalue weighted by Crippen LogP contribution is 2.42. The van der Waals surface area contributed by atoms with Crippen LogP contribution >= 0.6 is 11.6 Å². The summed E-state index contributed by atoms with van der Waals surface area (Å²) in [6.07, 6.45) is 2.18. The molecular formula is C13H20ClN3O2S. The summed E-state index contributed by atoms with van der Waals surface area (Å²) in [6, 6.07) is 0. The van der Waals surface area contributed by atoms with Crippen molar-refractivity contribution in [3.63, 3.8) is 0 Å². The first-order chi connectivity index (χ1) is 9.30. The highest BCUT2D eigenvalue weighted by atomic mass is 35.5. The van der Waals surface area contributed by atoms with E-state index < -0.39 is 10.8 Å². The molecular weight excluding hydrogens is 298 g/mol. The fraction of sp³-hybridized carbons (Fsp3) is 0.692. The number of nitrogens with zero attached hydrogens (tertiary/aromatic N) is 1. The van der Waals surface area contributed by atoms with E-state index in [2.05, 4.69) is 15.5 Å². The first kappa shape index (κ1) is 15.5. The number of amides is 1. The first-order valence-corrected chi connectivity index (χ1v) is 8.41. The molecule has 2 rings (SSSR count). The standard InChI is InChI=1S/C13H20ClN3O2S/c1-13(2,3)20(19)7-6-15-12(18)11-9(14)10(16-17-11)8-4-5-8/h8H,4-7H2,1-3H3,(H,15,18)(H,16,17). The second-order valence-corrected chi connectivity index (χ2v) is 8.69. The summed E-state index contributed by atoms with van der Waals surface area (Å²) in [5, 5.41) is 9.95. The van der Waals surface area contributed by atoms with E-state index in [0.717, 1.165) is 18.5 Å². The van der Waals surface area contributed by atoms with Gasteiger partial charge >= 0.3 is 0 Å². The lowest BCUT2D eigenvalue weighted by molar-refractivity contribution is 0.0951. The van der Waals surface area contributed by atoms with Gasteiger partial charge in [-0.05, 0) is 33.6 Å². The minimum Gasteiger partial charge on any atom is -0.350 e. The van der Waals surface area contributed by atoms with Crippen molar-refractivity contribution in [3.05, 3.63) is 16.4 Å². The molecule has 1 unspecified atom stereocenters. The predicted molar refractivity (Wildman–Crippen MR) is 80.7 cm³/mol. The van der Waals surface area contributed by atoms with Gasteiger partial charge < -0.3 is 5.32 Å². The molecule has 1 aromatic rings. The number of carbonyl (C=O) groups is 1. The predicted octanol–water partition coefficient (Wildman–Crippen LogP) is 2.22. The number of aromatic nitrogens is 2. The summed E-state index contributed by atoms with van der Waals surface area (Å²) in [6.45, 7) is 6.09. The molecule has 112 valence electrons. The van der Waals surface area contributed by atoms with Gasteiger partial charge in [0, 0.05) is 33.8 Å². The quantitative estimate of drug-likeness (QED) is 0.874. The number of aromatic amines is 1. The van der Waals surface area contributed by atoms with E-state index in [1.807, 2.05) is 20.8 Å². The molecule has 1 heterocycles. The summed E-state index contributed by atoms with van der Waals surface area (Å²) < 4.78 is 11.6. The fourth-order valence-electron chi connectivity index (χ4n) is 1.78. The van der Waals surface area contributed by atoms with E-state index in [0.29, 0.717) is 23.2 Å². The Balaban J connectivity index is 1.88. The average Bonchev–Trinajstić information content (AvgIpc) is 3.11. The van der Waals surface area contributed by atoms with Gasteiger partial charge in [0.1, 0.15) is 0 Å². The van der Waals surface area contributed by atoms with E-state index >= 15 is 0 Å². The number of halogens is 1. The van der Waals surface area contributed by atoms with Crippen molar-refractivity contribution < 1.29 is 9.00 Å². The second kappa shape index (κ2) is 5.85. The molecule has 0 bridgehead atoms. The van der Waals surface area contributed by atoms with Crippen molar-refractivity contribution >= 4 is 28.3 Å². The SMILES string of the molecule is CC(C)(C)S(=O)CCNC(=O)c1n[nH]c(C2CC2)c1Cl.